The van der Waals surface area contributed by atoms with Crippen LogP contribution in [0.4, 0.5) is 5.69 Å². The van der Waals surface area contributed by atoms with E-state index in [0.717, 1.165) is 17.9 Å². The van der Waals surface area contributed by atoms with Gasteiger partial charge in [-0.15, -0.1) is 0 Å². The van der Waals surface area contributed by atoms with Crippen LogP contribution >= 0.6 is 0 Å². The van der Waals surface area contributed by atoms with Gasteiger partial charge in [-0.05, 0) is 30.7 Å². The van der Waals surface area contributed by atoms with E-state index in [0.29, 0.717) is 13.2 Å². The van der Waals surface area contributed by atoms with E-state index in [1.807, 2.05) is 29.3 Å². The monoisotopic (exact) mass is 250 g/mol. The highest BCUT2D eigenvalue weighted by atomic mass is 16.5. The Labute approximate surface area is 107 Å². The molecule has 1 fully saturated rings. The van der Waals surface area contributed by atoms with Crippen LogP contribution in [0.15, 0.2) is 24.3 Å². The minimum atomic E-state index is -0.00736. The normalized spacial score (nSPS) is 18.9. The Balaban J connectivity index is 2.00. The molecule has 0 saturated carbocycles. The van der Waals surface area contributed by atoms with E-state index in [-0.39, 0.29) is 11.8 Å². The number of ether oxygens (including phenoxy) is 2. The third kappa shape index (κ3) is 2.73. The molecule has 1 amide bonds. The maximum absolute atomic E-state index is 11.8. The third-order valence-corrected chi connectivity index (χ3v) is 3.07. The smallest absolute Gasteiger partial charge is 0.243 e. The summed E-state index contributed by atoms with van der Waals surface area (Å²) in [7, 11) is 3.28. The fourth-order valence-corrected chi connectivity index (χ4v) is 1.99. The Morgan fingerprint density at radius 1 is 1.33 bits per heavy atom. The Hall–Kier alpha value is -1.75. The van der Waals surface area contributed by atoms with Gasteiger partial charge in [0.05, 0.1) is 25.3 Å². The summed E-state index contributed by atoms with van der Waals surface area (Å²) in [5, 5.41) is 1.86. The third-order valence-electron chi connectivity index (χ3n) is 3.07. The summed E-state index contributed by atoms with van der Waals surface area (Å²) in [6.45, 7) is 1.28. The lowest BCUT2D eigenvalue weighted by Crippen LogP contribution is -2.32. The Bertz CT molecular complexity index is 405. The van der Waals surface area contributed by atoms with Gasteiger partial charge in [0.15, 0.2) is 0 Å². The van der Waals surface area contributed by atoms with Crippen molar-refractivity contribution in [3.8, 4) is 5.75 Å². The molecule has 1 atom stereocenters. The van der Waals surface area contributed by atoms with Gasteiger partial charge in [0, 0.05) is 13.7 Å². The van der Waals surface area contributed by atoms with E-state index in [1.165, 1.54) is 0 Å². The fraction of sp³-hybridized carbons (Fsp3) is 0.462. The van der Waals surface area contributed by atoms with Crippen LogP contribution in [0.5, 0.6) is 5.75 Å². The molecule has 1 saturated heterocycles. The summed E-state index contributed by atoms with van der Waals surface area (Å²) in [4.78, 5) is 11.8. The van der Waals surface area contributed by atoms with Crippen molar-refractivity contribution >= 4 is 11.6 Å². The molecule has 1 aliphatic heterocycles. The number of amides is 1. The van der Waals surface area contributed by atoms with Crippen molar-refractivity contribution in [1.82, 2.24) is 5.43 Å². The van der Waals surface area contributed by atoms with Crippen molar-refractivity contribution in [3.63, 3.8) is 0 Å². The molecule has 0 radical (unpaired) electrons. The number of rotatable bonds is 5. The van der Waals surface area contributed by atoms with E-state index >= 15 is 0 Å². The maximum atomic E-state index is 11.8. The van der Waals surface area contributed by atoms with Crippen molar-refractivity contribution in [3.05, 3.63) is 24.3 Å². The molecular weight excluding hydrogens is 232 g/mol. The fourth-order valence-electron chi connectivity index (χ4n) is 1.99. The van der Waals surface area contributed by atoms with Crippen molar-refractivity contribution in [2.45, 2.75) is 6.42 Å². The molecule has 18 heavy (non-hydrogen) atoms. The largest absolute Gasteiger partial charge is 0.497 e. The van der Waals surface area contributed by atoms with Crippen LogP contribution in [0.3, 0.4) is 0 Å². The number of anilines is 1. The van der Waals surface area contributed by atoms with Gasteiger partial charge in [0.2, 0.25) is 5.91 Å². The van der Waals surface area contributed by atoms with Gasteiger partial charge in [-0.25, -0.2) is 0 Å². The predicted molar refractivity (Wildman–Crippen MR) is 68.5 cm³/mol. The van der Waals surface area contributed by atoms with Gasteiger partial charge in [0.25, 0.3) is 0 Å². The van der Waals surface area contributed by atoms with Crippen LogP contribution in [0, 0.1) is 5.92 Å². The quantitative estimate of drug-likeness (QED) is 0.853. The number of methoxy groups -OCH3 is 2. The zero-order valence-electron chi connectivity index (χ0n) is 10.7. The van der Waals surface area contributed by atoms with Crippen LogP contribution in [0.25, 0.3) is 0 Å². The standard InChI is InChI=1S/C13H18N2O3/c1-17-8-7-10-9-15(14-13(10)16)11-3-5-12(18-2)6-4-11/h3-6,10H,7-9H2,1-2H3,(H,14,16). The van der Waals surface area contributed by atoms with Crippen molar-refractivity contribution in [1.29, 1.82) is 0 Å². The second kappa shape index (κ2) is 5.73. The van der Waals surface area contributed by atoms with Crippen molar-refractivity contribution < 1.29 is 14.3 Å². The van der Waals surface area contributed by atoms with E-state index in [4.69, 9.17) is 9.47 Å². The zero-order valence-corrected chi connectivity index (χ0v) is 10.7. The van der Waals surface area contributed by atoms with Crippen LogP contribution in [-0.2, 0) is 9.53 Å². The maximum Gasteiger partial charge on any atom is 0.243 e. The minimum absolute atomic E-state index is 0.00736. The first-order chi connectivity index (χ1) is 8.74. The van der Waals surface area contributed by atoms with E-state index in [1.54, 1.807) is 14.2 Å². The van der Waals surface area contributed by atoms with E-state index in [2.05, 4.69) is 5.43 Å². The van der Waals surface area contributed by atoms with Gasteiger partial charge in [-0.3, -0.25) is 15.2 Å². The summed E-state index contributed by atoms with van der Waals surface area (Å²) >= 11 is 0. The molecule has 0 aromatic heterocycles. The second-order valence-electron chi connectivity index (χ2n) is 4.26. The number of nitrogens with zero attached hydrogens (tertiary/aromatic N) is 1. The number of hydrogen-bond acceptors (Lipinski definition) is 4. The molecule has 5 nitrogen and oxygen atoms in total. The number of hydrazine groups is 1. The predicted octanol–water partition coefficient (Wildman–Crippen LogP) is 1.20. The molecule has 0 bridgehead atoms. The van der Waals surface area contributed by atoms with Gasteiger partial charge in [-0.2, -0.15) is 0 Å². The summed E-state index contributed by atoms with van der Waals surface area (Å²) in [6.07, 6.45) is 0.745. The summed E-state index contributed by atoms with van der Waals surface area (Å²) in [5.41, 5.74) is 3.83. The number of carbonyl (C=O) groups excluding carboxylic acids is 1. The van der Waals surface area contributed by atoms with E-state index < -0.39 is 0 Å². The first kappa shape index (κ1) is 12.7. The lowest BCUT2D eigenvalue weighted by Gasteiger charge is -2.17. The Kier molecular flexibility index (Phi) is 4.04. The molecule has 1 heterocycles. The Morgan fingerprint density at radius 3 is 2.67 bits per heavy atom. The molecule has 0 spiro atoms. The SMILES string of the molecule is COCCC1CN(c2ccc(OC)cc2)NC1=O. The molecule has 1 aliphatic rings. The summed E-state index contributed by atoms with van der Waals surface area (Å²) in [5.74, 6) is 0.857. The lowest BCUT2D eigenvalue weighted by molar-refractivity contribution is -0.122. The topological polar surface area (TPSA) is 50.8 Å². The van der Waals surface area contributed by atoms with Crippen LogP contribution < -0.4 is 15.2 Å². The van der Waals surface area contributed by atoms with Crippen molar-refractivity contribution in [2.24, 2.45) is 5.92 Å². The highest BCUT2D eigenvalue weighted by Crippen LogP contribution is 2.22. The number of benzene rings is 1. The highest BCUT2D eigenvalue weighted by molar-refractivity contribution is 5.84. The average molecular weight is 250 g/mol. The number of hydrogen-bond donors (Lipinski definition) is 1. The minimum Gasteiger partial charge on any atom is -0.497 e. The van der Waals surface area contributed by atoms with Gasteiger partial charge in [-0.1, -0.05) is 0 Å². The molecule has 98 valence electrons. The van der Waals surface area contributed by atoms with E-state index in [9.17, 15) is 4.79 Å². The summed E-state index contributed by atoms with van der Waals surface area (Å²) < 4.78 is 10.1. The molecule has 1 N–H and O–H groups in total. The molecule has 1 aromatic rings. The Morgan fingerprint density at radius 2 is 2.06 bits per heavy atom. The first-order valence-corrected chi connectivity index (χ1v) is 5.95. The average Bonchev–Trinajstić information content (AvgIpc) is 2.78. The van der Waals surface area contributed by atoms with Crippen LogP contribution in [0.1, 0.15) is 6.42 Å². The number of nitrogens with one attached hydrogen (secondary N) is 1. The van der Waals surface area contributed by atoms with Gasteiger partial charge in [0.1, 0.15) is 5.75 Å². The molecular formula is C13H18N2O3. The molecule has 1 aromatic carbocycles. The zero-order chi connectivity index (χ0) is 13.0. The first-order valence-electron chi connectivity index (χ1n) is 5.95. The molecule has 0 aliphatic carbocycles. The van der Waals surface area contributed by atoms with Gasteiger partial charge < -0.3 is 9.47 Å². The molecule has 2 rings (SSSR count). The molecule has 1 unspecified atom stereocenters. The highest BCUT2D eigenvalue weighted by Gasteiger charge is 2.30. The lowest BCUT2D eigenvalue weighted by atomic mass is 10.1. The second-order valence-corrected chi connectivity index (χ2v) is 4.26. The summed E-state index contributed by atoms with van der Waals surface area (Å²) in [6, 6.07) is 7.61. The van der Waals surface area contributed by atoms with Crippen LogP contribution in [0.2, 0.25) is 0 Å². The van der Waals surface area contributed by atoms with Gasteiger partial charge >= 0.3 is 0 Å². The molecule has 5 heteroatoms. The van der Waals surface area contributed by atoms with Crippen molar-refractivity contribution in [2.75, 3.05) is 32.4 Å². The number of carbonyl (C=O) groups is 1. The van der Waals surface area contributed by atoms with Crippen LogP contribution in [-0.4, -0.2) is 33.3 Å².